The molecular weight excluding hydrogens is 202 g/mol. The third kappa shape index (κ3) is 2.09. The second kappa shape index (κ2) is 4.66. The van der Waals surface area contributed by atoms with Gasteiger partial charge in [0.1, 0.15) is 0 Å². The highest BCUT2D eigenvalue weighted by Gasteiger charge is 2.34. The highest BCUT2D eigenvalue weighted by molar-refractivity contribution is 5.74. The van der Waals surface area contributed by atoms with Crippen LogP contribution in [0.5, 0.6) is 0 Å². The van der Waals surface area contributed by atoms with E-state index >= 15 is 0 Å². The predicted molar refractivity (Wildman–Crippen MR) is 62.3 cm³/mol. The van der Waals surface area contributed by atoms with Crippen LogP contribution in [-0.4, -0.2) is 26.2 Å². The van der Waals surface area contributed by atoms with Gasteiger partial charge in [0.15, 0.2) is 0 Å². The lowest BCUT2D eigenvalue weighted by Gasteiger charge is -2.17. The summed E-state index contributed by atoms with van der Waals surface area (Å²) in [6, 6.07) is 8.34. The van der Waals surface area contributed by atoms with Gasteiger partial charge >= 0.3 is 5.97 Å². The zero-order chi connectivity index (χ0) is 11.5. The molecule has 1 heterocycles. The Balaban J connectivity index is 2.23. The molecule has 1 aliphatic heterocycles. The van der Waals surface area contributed by atoms with Crippen molar-refractivity contribution in [3.63, 3.8) is 0 Å². The third-order valence-electron chi connectivity index (χ3n) is 3.19. The second-order valence-electron chi connectivity index (χ2n) is 4.31. The van der Waals surface area contributed by atoms with Crippen molar-refractivity contribution in [1.82, 2.24) is 5.32 Å². The van der Waals surface area contributed by atoms with Gasteiger partial charge in [-0.2, -0.15) is 0 Å². The molecule has 16 heavy (non-hydrogen) atoms. The summed E-state index contributed by atoms with van der Waals surface area (Å²) in [5.41, 5.74) is 2.45. The van der Waals surface area contributed by atoms with Gasteiger partial charge in [-0.15, -0.1) is 0 Å². The molecular formula is C13H17NO2. The van der Waals surface area contributed by atoms with Crippen molar-refractivity contribution in [1.29, 1.82) is 0 Å². The fraction of sp³-hybridized carbons (Fsp3) is 0.462. The molecule has 1 saturated heterocycles. The van der Waals surface area contributed by atoms with Crippen LogP contribution in [0.4, 0.5) is 0 Å². The van der Waals surface area contributed by atoms with Crippen molar-refractivity contribution in [2.75, 3.05) is 20.2 Å². The first kappa shape index (κ1) is 11.1. The van der Waals surface area contributed by atoms with Gasteiger partial charge in [0.05, 0.1) is 13.0 Å². The van der Waals surface area contributed by atoms with E-state index in [1.807, 2.05) is 6.07 Å². The lowest BCUT2D eigenvalue weighted by Crippen LogP contribution is -2.22. The zero-order valence-electron chi connectivity index (χ0n) is 9.69. The number of rotatable bonds is 2. The van der Waals surface area contributed by atoms with Gasteiger partial charge in [-0.1, -0.05) is 29.8 Å². The molecule has 3 nitrogen and oxygen atoms in total. The molecule has 3 heteroatoms. The van der Waals surface area contributed by atoms with Crippen LogP contribution in [0, 0.1) is 12.8 Å². The van der Waals surface area contributed by atoms with Crippen molar-refractivity contribution in [3.8, 4) is 0 Å². The Morgan fingerprint density at radius 3 is 2.94 bits per heavy atom. The van der Waals surface area contributed by atoms with E-state index in [4.69, 9.17) is 4.74 Å². The van der Waals surface area contributed by atoms with Crippen molar-refractivity contribution >= 4 is 5.97 Å². The Labute approximate surface area is 95.8 Å². The predicted octanol–water partition coefficient (Wildman–Crippen LogP) is 1.47. The number of nitrogens with one attached hydrogen (secondary N) is 1. The first-order valence-corrected chi connectivity index (χ1v) is 5.57. The van der Waals surface area contributed by atoms with E-state index in [1.54, 1.807) is 0 Å². The van der Waals surface area contributed by atoms with E-state index in [-0.39, 0.29) is 17.8 Å². The number of esters is 1. The molecule has 1 aliphatic rings. The molecule has 0 amide bonds. The summed E-state index contributed by atoms with van der Waals surface area (Å²) in [5.74, 6) is 0.0793. The second-order valence-corrected chi connectivity index (χ2v) is 4.31. The van der Waals surface area contributed by atoms with Crippen molar-refractivity contribution in [2.24, 2.45) is 5.92 Å². The lowest BCUT2D eigenvalue weighted by atomic mass is 9.88. The molecule has 0 spiro atoms. The Morgan fingerprint density at radius 2 is 2.25 bits per heavy atom. The smallest absolute Gasteiger partial charge is 0.310 e. The summed E-state index contributed by atoms with van der Waals surface area (Å²) >= 11 is 0. The van der Waals surface area contributed by atoms with Crippen LogP contribution in [0.3, 0.4) is 0 Å². The molecule has 0 saturated carbocycles. The van der Waals surface area contributed by atoms with Gasteiger partial charge in [-0.25, -0.2) is 0 Å². The maximum Gasteiger partial charge on any atom is 0.310 e. The summed E-state index contributed by atoms with van der Waals surface area (Å²) in [4.78, 5) is 11.6. The van der Waals surface area contributed by atoms with E-state index in [2.05, 4.69) is 30.4 Å². The van der Waals surface area contributed by atoms with Crippen molar-refractivity contribution in [3.05, 3.63) is 35.4 Å². The molecule has 2 rings (SSSR count). The van der Waals surface area contributed by atoms with Gasteiger partial charge in [0.25, 0.3) is 0 Å². The lowest BCUT2D eigenvalue weighted by molar-refractivity contribution is -0.145. The van der Waals surface area contributed by atoms with E-state index in [0.29, 0.717) is 6.54 Å². The van der Waals surface area contributed by atoms with E-state index in [0.717, 1.165) is 6.54 Å². The van der Waals surface area contributed by atoms with Crippen molar-refractivity contribution < 1.29 is 9.53 Å². The van der Waals surface area contributed by atoms with Crippen LogP contribution in [0.1, 0.15) is 17.0 Å². The fourth-order valence-corrected chi connectivity index (χ4v) is 2.33. The Morgan fingerprint density at radius 1 is 1.44 bits per heavy atom. The molecule has 0 radical (unpaired) electrons. The van der Waals surface area contributed by atoms with Crippen LogP contribution in [-0.2, 0) is 9.53 Å². The van der Waals surface area contributed by atoms with Gasteiger partial charge in [-0.05, 0) is 12.5 Å². The van der Waals surface area contributed by atoms with E-state index in [1.165, 1.54) is 18.2 Å². The maximum atomic E-state index is 11.6. The van der Waals surface area contributed by atoms with E-state index in [9.17, 15) is 4.79 Å². The number of carbonyl (C=O) groups excluding carboxylic acids is 1. The minimum atomic E-state index is -0.114. The van der Waals surface area contributed by atoms with Gasteiger partial charge in [0.2, 0.25) is 0 Å². The maximum absolute atomic E-state index is 11.6. The largest absolute Gasteiger partial charge is 0.469 e. The molecule has 0 aromatic heterocycles. The standard InChI is InChI=1S/C13H17NO2/c1-9-4-3-5-10(6-9)11-7-14-8-12(11)13(15)16-2/h3-6,11-12,14H,7-8H2,1-2H3/t11-,12-/m1/s1. The molecule has 0 aliphatic carbocycles. The summed E-state index contributed by atoms with van der Waals surface area (Å²) in [5, 5.41) is 3.25. The summed E-state index contributed by atoms with van der Waals surface area (Å²) in [6.07, 6.45) is 0. The average Bonchev–Trinajstić information content (AvgIpc) is 2.77. The zero-order valence-corrected chi connectivity index (χ0v) is 9.69. The highest BCUT2D eigenvalue weighted by atomic mass is 16.5. The monoisotopic (exact) mass is 219 g/mol. The minimum absolute atomic E-state index is 0.0493. The van der Waals surface area contributed by atoms with Gasteiger partial charge in [-0.3, -0.25) is 4.79 Å². The molecule has 86 valence electrons. The molecule has 2 atom stereocenters. The molecule has 0 bridgehead atoms. The first-order chi connectivity index (χ1) is 7.72. The van der Waals surface area contributed by atoms with Gasteiger partial charge < -0.3 is 10.1 Å². The van der Waals surface area contributed by atoms with Crippen LogP contribution in [0.15, 0.2) is 24.3 Å². The molecule has 1 aromatic carbocycles. The number of carbonyl (C=O) groups is 1. The Kier molecular flexibility index (Phi) is 3.25. The summed E-state index contributed by atoms with van der Waals surface area (Å²) in [6.45, 7) is 3.63. The molecule has 1 aromatic rings. The van der Waals surface area contributed by atoms with E-state index < -0.39 is 0 Å². The topological polar surface area (TPSA) is 38.3 Å². The third-order valence-corrected chi connectivity index (χ3v) is 3.19. The summed E-state index contributed by atoms with van der Waals surface area (Å²) < 4.78 is 4.84. The first-order valence-electron chi connectivity index (χ1n) is 5.57. The Hall–Kier alpha value is -1.35. The number of ether oxygens (including phenoxy) is 1. The number of hydrogen-bond acceptors (Lipinski definition) is 3. The van der Waals surface area contributed by atoms with Crippen LogP contribution in [0.2, 0.25) is 0 Å². The average molecular weight is 219 g/mol. The number of aryl methyl sites for hydroxylation is 1. The molecule has 1 N–H and O–H groups in total. The minimum Gasteiger partial charge on any atom is -0.469 e. The summed E-state index contributed by atoms with van der Waals surface area (Å²) in [7, 11) is 1.45. The van der Waals surface area contributed by atoms with Gasteiger partial charge in [0, 0.05) is 19.0 Å². The van der Waals surface area contributed by atoms with Crippen LogP contribution in [0.25, 0.3) is 0 Å². The normalized spacial score (nSPS) is 24.4. The number of benzene rings is 1. The SMILES string of the molecule is COC(=O)[C@@H]1CNC[C@@H]1c1cccc(C)c1. The number of hydrogen-bond donors (Lipinski definition) is 1. The molecule has 0 unspecified atom stereocenters. The Bertz CT molecular complexity index is 389. The van der Waals surface area contributed by atoms with Crippen molar-refractivity contribution in [2.45, 2.75) is 12.8 Å². The van der Waals surface area contributed by atoms with Crippen LogP contribution >= 0.6 is 0 Å². The van der Waals surface area contributed by atoms with Crippen LogP contribution < -0.4 is 5.32 Å². The molecule has 1 fully saturated rings. The highest BCUT2D eigenvalue weighted by Crippen LogP contribution is 2.29. The number of methoxy groups -OCH3 is 1. The fourth-order valence-electron chi connectivity index (χ4n) is 2.33. The quantitative estimate of drug-likeness (QED) is 0.765.